The van der Waals surface area contributed by atoms with Crippen molar-refractivity contribution >= 4 is 23.6 Å². The number of aromatic nitrogens is 1. The number of carbonyl (C=O) groups excluding carboxylic acids is 3. The van der Waals surface area contributed by atoms with Gasteiger partial charge >= 0.3 is 5.97 Å². The number of amides is 2. The first-order valence-electron chi connectivity index (χ1n) is 13.7. The summed E-state index contributed by atoms with van der Waals surface area (Å²) in [6.45, 7) is 3.82. The van der Waals surface area contributed by atoms with Gasteiger partial charge in [0.1, 0.15) is 11.9 Å². The minimum absolute atomic E-state index is 0.0952. The number of anilines is 1. The monoisotopic (exact) mass is 514 g/mol. The van der Waals surface area contributed by atoms with E-state index >= 15 is 0 Å². The third-order valence-electron chi connectivity index (χ3n) is 8.51. The van der Waals surface area contributed by atoms with Crippen LogP contribution in [-0.2, 0) is 25.5 Å². The second-order valence-corrected chi connectivity index (χ2v) is 10.9. The highest BCUT2D eigenvalue weighted by Gasteiger charge is 2.59. The quantitative estimate of drug-likeness (QED) is 0.289. The third kappa shape index (κ3) is 4.97. The van der Waals surface area contributed by atoms with Gasteiger partial charge in [0.15, 0.2) is 0 Å². The van der Waals surface area contributed by atoms with Gasteiger partial charge in [-0.3, -0.25) is 24.2 Å². The third-order valence-corrected chi connectivity index (χ3v) is 8.51. The molecule has 4 aliphatic rings. The lowest BCUT2D eigenvalue weighted by atomic mass is 9.85. The minimum Gasteiger partial charge on any atom is -0.459 e. The van der Waals surface area contributed by atoms with E-state index in [9.17, 15) is 14.4 Å². The zero-order chi connectivity index (χ0) is 26.1. The molecule has 2 saturated heterocycles. The number of benzene rings is 1. The van der Waals surface area contributed by atoms with E-state index in [1.165, 1.54) is 4.90 Å². The molecule has 3 fully saturated rings. The lowest BCUT2D eigenvalue weighted by Crippen LogP contribution is -2.51. The largest absolute Gasteiger partial charge is 0.459 e. The fraction of sp³-hybridized carbons (Fsp3) is 0.467. The van der Waals surface area contributed by atoms with E-state index in [1.807, 2.05) is 48.5 Å². The summed E-state index contributed by atoms with van der Waals surface area (Å²) in [5, 5.41) is 0. The molecule has 1 aromatic carbocycles. The van der Waals surface area contributed by atoms with Crippen molar-refractivity contribution in [3.05, 3.63) is 72.4 Å². The standard InChI is InChI=1S/C30H34N4O4/c35-26(12-9-21-6-2-1-3-7-21)38-24(19-32-14-16-33(17-15-32)25-8-4-5-13-31-25)20-34-29(36)27-22-10-11-23(18-22)28(27)30(34)37/h1-8,10-11,13,22-24,27-28H,9,12,14-20H2/t22-,23?,24?,27-,28?/m0/s1. The SMILES string of the molecule is O=C(CCc1ccccc1)OC(CN1CCN(c2ccccn2)CC1)CN1C(=O)C2C3C=C[C@@H](C3)[C@@H]2C1=O. The number of hydrogen-bond acceptors (Lipinski definition) is 7. The number of aryl methyl sites for hydroxylation is 1. The Balaban J connectivity index is 1.11. The summed E-state index contributed by atoms with van der Waals surface area (Å²) >= 11 is 0. The van der Waals surface area contributed by atoms with E-state index in [2.05, 4.69) is 26.9 Å². The number of allylic oxidation sites excluding steroid dienone is 2. The molecule has 2 bridgehead atoms. The number of likely N-dealkylation sites (tertiary alicyclic amines) is 1. The van der Waals surface area contributed by atoms with Crippen LogP contribution in [0.5, 0.6) is 0 Å². The van der Waals surface area contributed by atoms with Crippen LogP contribution in [0.2, 0.25) is 0 Å². The van der Waals surface area contributed by atoms with Gasteiger partial charge in [-0.15, -0.1) is 0 Å². The number of ether oxygens (including phenoxy) is 1. The van der Waals surface area contributed by atoms with Crippen molar-refractivity contribution < 1.29 is 19.1 Å². The maximum Gasteiger partial charge on any atom is 0.306 e. The molecular weight excluding hydrogens is 480 g/mol. The van der Waals surface area contributed by atoms with E-state index in [0.29, 0.717) is 13.0 Å². The highest BCUT2D eigenvalue weighted by atomic mass is 16.5. The molecule has 2 aliphatic heterocycles. The van der Waals surface area contributed by atoms with Crippen LogP contribution in [0.25, 0.3) is 0 Å². The second kappa shape index (κ2) is 10.7. The van der Waals surface area contributed by atoms with Crippen molar-refractivity contribution in [2.75, 3.05) is 44.2 Å². The first-order chi connectivity index (χ1) is 18.6. The van der Waals surface area contributed by atoms with Crippen LogP contribution in [0.1, 0.15) is 18.4 Å². The van der Waals surface area contributed by atoms with Crippen molar-refractivity contribution in [3.63, 3.8) is 0 Å². The van der Waals surface area contributed by atoms with Gasteiger partial charge in [0.2, 0.25) is 11.8 Å². The fourth-order valence-electron chi connectivity index (χ4n) is 6.60. The number of rotatable bonds is 9. The van der Waals surface area contributed by atoms with E-state index < -0.39 is 6.10 Å². The average Bonchev–Trinajstić information content (AvgIpc) is 3.64. The topological polar surface area (TPSA) is 83.1 Å². The number of esters is 1. The summed E-state index contributed by atoms with van der Waals surface area (Å²) in [7, 11) is 0. The molecular formula is C30H34N4O4. The van der Waals surface area contributed by atoms with Gasteiger partial charge in [-0.25, -0.2) is 4.98 Å². The Labute approximate surface area is 223 Å². The summed E-state index contributed by atoms with van der Waals surface area (Å²) in [5.41, 5.74) is 1.08. The molecule has 1 aromatic heterocycles. The van der Waals surface area contributed by atoms with Crippen LogP contribution < -0.4 is 4.90 Å². The van der Waals surface area contributed by atoms with Crippen LogP contribution in [0.3, 0.4) is 0 Å². The Hall–Kier alpha value is -3.52. The van der Waals surface area contributed by atoms with Crippen molar-refractivity contribution in [3.8, 4) is 0 Å². The first kappa shape index (κ1) is 24.8. The molecule has 5 atom stereocenters. The maximum atomic E-state index is 13.3. The first-order valence-corrected chi connectivity index (χ1v) is 13.7. The van der Waals surface area contributed by atoms with Gasteiger partial charge in [0, 0.05) is 45.3 Å². The maximum absolute atomic E-state index is 13.3. The van der Waals surface area contributed by atoms with E-state index in [1.54, 1.807) is 6.20 Å². The Morgan fingerprint density at radius 1 is 0.895 bits per heavy atom. The van der Waals surface area contributed by atoms with Crippen LogP contribution in [0.15, 0.2) is 66.9 Å². The predicted octanol–water partition coefficient (Wildman–Crippen LogP) is 2.56. The van der Waals surface area contributed by atoms with E-state index in [0.717, 1.165) is 44.0 Å². The summed E-state index contributed by atoms with van der Waals surface area (Å²) in [6, 6.07) is 15.8. The normalized spacial score (nSPS) is 27.2. The van der Waals surface area contributed by atoms with Crippen molar-refractivity contribution in [1.29, 1.82) is 0 Å². The number of nitrogens with zero attached hydrogens (tertiary/aromatic N) is 4. The van der Waals surface area contributed by atoms with Gasteiger partial charge in [0.25, 0.3) is 0 Å². The summed E-state index contributed by atoms with van der Waals surface area (Å²) in [4.78, 5) is 49.9. The van der Waals surface area contributed by atoms with E-state index in [4.69, 9.17) is 4.74 Å². The Morgan fingerprint density at radius 2 is 1.58 bits per heavy atom. The molecule has 8 nitrogen and oxygen atoms in total. The Bertz CT molecular complexity index is 1170. The molecule has 198 valence electrons. The van der Waals surface area contributed by atoms with Crippen LogP contribution in [0, 0.1) is 23.7 Å². The van der Waals surface area contributed by atoms with Gasteiger partial charge in [0.05, 0.1) is 18.4 Å². The molecule has 3 unspecified atom stereocenters. The van der Waals surface area contributed by atoms with Crippen molar-refractivity contribution in [2.45, 2.75) is 25.4 Å². The summed E-state index contributed by atoms with van der Waals surface area (Å²) in [6.07, 6.45) is 7.19. The molecule has 1 saturated carbocycles. The average molecular weight is 515 g/mol. The Kier molecular flexibility index (Phi) is 6.98. The Morgan fingerprint density at radius 3 is 2.24 bits per heavy atom. The van der Waals surface area contributed by atoms with Crippen molar-refractivity contribution in [1.82, 2.24) is 14.8 Å². The highest BCUT2D eigenvalue weighted by molar-refractivity contribution is 6.06. The smallest absolute Gasteiger partial charge is 0.306 e. The summed E-state index contributed by atoms with van der Waals surface area (Å²) < 4.78 is 5.97. The van der Waals surface area contributed by atoms with Crippen molar-refractivity contribution in [2.24, 2.45) is 23.7 Å². The molecule has 6 rings (SSSR count). The minimum atomic E-state index is -0.558. The molecule has 0 radical (unpaired) electrons. The van der Waals surface area contributed by atoms with Crippen LogP contribution in [-0.4, -0.2) is 77.9 Å². The molecule has 38 heavy (non-hydrogen) atoms. The lowest BCUT2D eigenvalue weighted by Gasteiger charge is -2.37. The molecule has 2 amide bonds. The number of hydrogen-bond donors (Lipinski definition) is 0. The van der Waals surface area contributed by atoms with Gasteiger partial charge in [-0.2, -0.15) is 0 Å². The highest BCUT2D eigenvalue weighted by Crippen LogP contribution is 2.52. The fourth-order valence-corrected chi connectivity index (χ4v) is 6.60. The molecule has 8 heteroatoms. The second-order valence-electron chi connectivity index (χ2n) is 10.9. The van der Waals surface area contributed by atoms with Gasteiger partial charge in [-0.05, 0) is 42.4 Å². The number of imide groups is 1. The molecule has 0 spiro atoms. The number of pyridine rings is 1. The van der Waals surface area contributed by atoms with Gasteiger partial charge in [-0.1, -0.05) is 48.6 Å². The number of carbonyl (C=O) groups is 3. The van der Waals surface area contributed by atoms with Crippen LogP contribution >= 0.6 is 0 Å². The van der Waals surface area contributed by atoms with E-state index in [-0.39, 0.29) is 54.4 Å². The molecule has 3 heterocycles. The molecule has 2 aliphatic carbocycles. The molecule has 0 N–H and O–H groups in total. The summed E-state index contributed by atoms with van der Waals surface area (Å²) in [5.74, 6) is 0.314. The van der Waals surface area contributed by atoms with Crippen LogP contribution in [0.4, 0.5) is 5.82 Å². The zero-order valence-corrected chi connectivity index (χ0v) is 21.5. The van der Waals surface area contributed by atoms with Gasteiger partial charge < -0.3 is 9.64 Å². The zero-order valence-electron chi connectivity index (χ0n) is 21.5. The molecule has 2 aromatic rings. The number of piperazine rings is 1. The predicted molar refractivity (Wildman–Crippen MR) is 142 cm³/mol. The number of fused-ring (bicyclic) bond motifs is 5. The lowest BCUT2D eigenvalue weighted by molar-refractivity contribution is -0.155.